The molecular weight excluding hydrogens is 307 g/mol. The molecule has 1 aromatic rings. The SMILES string of the molecule is COc1c(NC2(C(F)(F)F)CC2)sc(C(=O)N(C)C)c1N. The first-order valence-corrected chi connectivity index (χ1v) is 6.97. The second-order valence-electron chi connectivity index (χ2n) is 5.11. The largest absolute Gasteiger partial charge is 0.492 e. The van der Waals surface area contributed by atoms with Gasteiger partial charge in [-0.15, -0.1) is 11.3 Å². The summed E-state index contributed by atoms with van der Waals surface area (Å²) in [5.41, 5.74) is 3.94. The lowest BCUT2D eigenvalue weighted by Crippen LogP contribution is -2.38. The minimum absolute atomic E-state index is 0.00554. The maximum absolute atomic E-state index is 13.0. The van der Waals surface area contributed by atoms with E-state index < -0.39 is 11.7 Å². The van der Waals surface area contributed by atoms with Gasteiger partial charge in [0.2, 0.25) is 0 Å². The summed E-state index contributed by atoms with van der Waals surface area (Å²) in [5.74, 6) is -0.290. The third-order valence-corrected chi connectivity index (χ3v) is 4.44. The van der Waals surface area contributed by atoms with Crippen molar-refractivity contribution in [1.82, 2.24) is 4.90 Å². The fourth-order valence-electron chi connectivity index (χ4n) is 1.90. The highest BCUT2D eigenvalue weighted by Crippen LogP contribution is 2.54. The van der Waals surface area contributed by atoms with E-state index in [1.54, 1.807) is 14.1 Å². The van der Waals surface area contributed by atoms with Crippen LogP contribution in [0.1, 0.15) is 22.5 Å². The normalized spacial score (nSPS) is 16.5. The number of methoxy groups -OCH3 is 1. The lowest BCUT2D eigenvalue weighted by molar-refractivity contribution is -0.151. The Morgan fingerprint density at radius 2 is 2.00 bits per heavy atom. The van der Waals surface area contributed by atoms with Gasteiger partial charge in [-0.25, -0.2) is 0 Å². The average molecular weight is 323 g/mol. The smallest absolute Gasteiger partial charge is 0.411 e. The molecule has 0 spiro atoms. The zero-order chi connectivity index (χ0) is 16.0. The number of nitrogens with zero attached hydrogens (tertiary/aromatic N) is 1. The van der Waals surface area contributed by atoms with E-state index in [0.29, 0.717) is 0 Å². The van der Waals surface area contributed by atoms with Crippen LogP contribution in [0, 0.1) is 0 Å². The van der Waals surface area contributed by atoms with Crippen LogP contribution < -0.4 is 15.8 Å². The highest BCUT2D eigenvalue weighted by atomic mass is 32.1. The zero-order valence-electron chi connectivity index (χ0n) is 11.8. The van der Waals surface area contributed by atoms with Gasteiger partial charge < -0.3 is 20.7 Å². The van der Waals surface area contributed by atoms with E-state index in [0.717, 1.165) is 11.3 Å². The van der Waals surface area contributed by atoms with Gasteiger partial charge in [0.15, 0.2) is 5.75 Å². The molecule has 0 aromatic carbocycles. The Hall–Kier alpha value is -1.64. The lowest BCUT2D eigenvalue weighted by atomic mass is 10.2. The maximum Gasteiger partial charge on any atom is 0.411 e. The van der Waals surface area contributed by atoms with Crippen LogP contribution in [0.3, 0.4) is 0 Å². The Morgan fingerprint density at radius 3 is 2.38 bits per heavy atom. The summed E-state index contributed by atoms with van der Waals surface area (Å²) in [5, 5.41) is 2.60. The molecule has 1 amide bonds. The van der Waals surface area contributed by atoms with Crippen LogP contribution in [0.4, 0.5) is 23.9 Å². The number of nitrogens with one attached hydrogen (secondary N) is 1. The highest BCUT2D eigenvalue weighted by molar-refractivity contribution is 7.19. The molecule has 3 N–H and O–H groups in total. The molecule has 1 aliphatic rings. The maximum atomic E-state index is 13.0. The van der Waals surface area contributed by atoms with Gasteiger partial charge in [-0.05, 0) is 12.8 Å². The topological polar surface area (TPSA) is 67.6 Å². The fraction of sp³-hybridized carbons (Fsp3) is 0.583. The molecule has 5 nitrogen and oxygen atoms in total. The molecule has 1 aliphatic carbocycles. The average Bonchev–Trinajstić information content (AvgIpc) is 3.09. The van der Waals surface area contributed by atoms with E-state index >= 15 is 0 Å². The molecule has 2 rings (SSSR count). The number of hydrogen-bond donors (Lipinski definition) is 2. The summed E-state index contributed by atoms with van der Waals surface area (Å²) >= 11 is 0.878. The van der Waals surface area contributed by atoms with Crippen LogP contribution >= 0.6 is 11.3 Å². The quantitative estimate of drug-likeness (QED) is 0.893. The number of nitrogens with two attached hydrogens (primary N) is 1. The van der Waals surface area contributed by atoms with Gasteiger partial charge in [-0.2, -0.15) is 13.2 Å². The monoisotopic (exact) mass is 323 g/mol. The number of carbonyl (C=O) groups is 1. The van der Waals surface area contributed by atoms with Gasteiger partial charge in [-0.3, -0.25) is 4.79 Å². The van der Waals surface area contributed by atoms with Crippen molar-refractivity contribution in [3.8, 4) is 5.75 Å². The predicted octanol–water partition coefficient (Wildman–Crippen LogP) is 2.55. The minimum atomic E-state index is -4.36. The van der Waals surface area contributed by atoms with E-state index in [1.807, 2.05) is 0 Å². The number of halogens is 3. The molecule has 1 heterocycles. The molecule has 0 aliphatic heterocycles. The number of hydrogen-bond acceptors (Lipinski definition) is 5. The molecule has 0 bridgehead atoms. The van der Waals surface area contributed by atoms with Crippen LogP contribution in [0.25, 0.3) is 0 Å². The number of rotatable bonds is 4. The summed E-state index contributed by atoms with van der Waals surface area (Å²) in [7, 11) is 4.39. The van der Waals surface area contributed by atoms with Crippen molar-refractivity contribution >= 4 is 27.9 Å². The van der Waals surface area contributed by atoms with E-state index in [4.69, 9.17) is 10.5 Å². The third-order valence-electron chi connectivity index (χ3n) is 3.35. The fourth-order valence-corrected chi connectivity index (χ4v) is 3.11. The van der Waals surface area contributed by atoms with Gasteiger partial charge in [0.05, 0.1) is 7.11 Å². The standard InChI is InChI=1S/C12H16F3N3O2S/c1-18(2)10(19)8-6(16)7(20-3)9(21-8)17-11(4-5-11)12(13,14)15/h17H,4-5,16H2,1-3H3. The van der Waals surface area contributed by atoms with E-state index in [1.165, 1.54) is 12.0 Å². The minimum Gasteiger partial charge on any atom is -0.492 e. The molecule has 9 heteroatoms. The van der Waals surface area contributed by atoms with Crippen molar-refractivity contribution in [3.05, 3.63) is 4.88 Å². The lowest BCUT2D eigenvalue weighted by Gasteiger charge is -2.21. The van der Waals surface area contributed by atoms with Crippen molar-refractivity contribution in [2.75, 3.05) is 32.3 Å². The summed E-state index contributed by atoms with van der Waals surface area (Å²) < 4.78 is 44.1. The summed E-state index contributed by atoms with van der Waals surface area (Å²) in [6, 6.07) is 0. The summed E-state index contributed by atoms with van der Waals surface area (Å²) in [4.78, 5) is 13.4. The third kappa shape index (κ3) is 2.61. The van der Waals surface area contributed by atoms with Crippen molar-refractivity contribution in [1.29, 1.82) is 0 Å². The Morgan fingerprint density at radius 1 is 1.43 bits per heavy atom. The van der Waals surface area contributed by atoms with E-state index in [-0.39, 0.29) is 40.1 Å². The molecule has 21 heavy (non-hydrogen) atoms. The number of carbonyl (C=O) groups excluding carboxylic acids is 1. The molecular formula is C12H16F3N3O2S. The van der Waals surface area contributed by atoms with E-state index in [9.17, 15) is 18.0 Å². The van der Waals surface area contributed by atoms with Gasteiger partial charge in [0, 0.05) is 14.1 Å². The number of nitrogen functional groups attached to an aromatic ring is 1. The number of anilines is 2. The van der Waals surface area contributed by atoms with Crippen LogP contribution in [0.5, 0.6) is 5.75 Å². The number of amides is 1. The zero-order valence-corrected chi connectivity index (χ0v) is 12.6. The molecule has 1 aromatic heterocycles. The first kappa shape index (κ1) is 15.7. The van der Waals surface area contributed by atoms with Crippen LogP contribution in [-0.4, -0.2) is 43.7 Å². The molecule has 0 saturated heterocycles. The van der Waals surface area contributed by atoms with Gasteiger partial charge in [0.1, 0.15) is 21.1 Å². The Bertz CT molecular complexity index is 565. The van der Waals surface area contributed by atoms with Crippen molar-refractivity contribution in [2.24, 2.45) is 0 Å². The first-order chi connectivity index (χ1) is 9.63. The molecule has 118 valence electrons. The summed E-state index contributed by atoms with van der Waals surface area (Å²) in [6.07, 6.45) is -4.37. The molecule has 0 radical (unpaired) electrons. The van der Waals surface area contributed by atoms with Gasteiger partial charge >= 0.3 is 6.18 Å². The van der Waals surface area contributed by atoms with Crippen LogP contribution in [-0.2, 0) is 0 Å². The molecule has 0 unspecified atom stereocenters. The summed E-state index contributed by atoms with van der Waals surface area (Å²) in [6.45, 7) is 0. The van der Waals surface area contributed by atoms with E-state index in [2.05, 4.69) is 5.32 Å². The van der Waals surface area contributed by atoms with Gasteiger partial charge in [-0.1, -0.05) is 0 Å². The number of alkyl halides is 3. The van der Waals surface area contributed by atoms with Crippen molar-refractivity contribution in [3.63, 3.8) is 0 Å². The van der Waals surface area contributed by atoms with Crippen molar-refractivity contribution in [2.45, 2.75) is 24.6 Å². The van der Waals surface area contributed by atoms with Gasteiger partial charge in [0.25, 0.3) is 5.91 Å². The van der Waals surface area contributed by atoms with Crippen LogP contribution in [0.2, 0.25) is 0 Å². The highest BCUT2D eigenvalue weighted by Gasteiger charge is 2.64. The second-order valence-corrected chi connectivity index (χ2v) is 6.13. The molecule has 0 atom stereocenters. The Balaban J connectivity index is 2.37. The Kier molecular flexibility index (Phi) is 3.73. The van der Waals surface area contributed by atoms with Crippen LogP contribution in [0.15, 0.2) is 0 Å². The number of ether oxygens (including phenoxy) is 1. The predicted molar refractivity (Wildman–Crippen MR) is 74.9 cm³/mol. The van der Waals surface area contributed by atoms with Crippen molar-refractivity contribution < 1.29 is 22.7 Å². The number of thiophene rings is 1. The molecule has 1 fully saturated rings. The molecule has 1 saturated carbocycles. The second kappa shape index (κ2) is 4.97. The first-order valence-electron chi connectivity index (χ1n) is 6.16. The Labute approximate surface area is 123 Å².